The molecule has 0 radical (unpaired) electrons. The number of alkyl carbamates (subject to hydrolysis) is 1. The van der Waals surface area contributed by atoms with E-state index >= 15 is 0 Å². The molecular formula is C28H36N2O5. The minimum atomic E-state index is -1.30. The van der Waals surface area contributed by atoms with Crippen molar-refractivity contribution in [2.45, 2.75) is 76.8 Å². The van der Waals surface area contributed by atoms with Gasteiger partial charge in [0, 0.05) is 18.4 Å². The molecule has 1 aliphatic rings. The first-order valence-corrected chi connectivity index (χ1v) is 12.5. The molecule has 0 saturated carbocycles. The van der Waals surface area contributed by atoms with Crippen LogP contribution in [0.3, 0.4) is 0 Å². The maximum atomic E-state index is 12.7. The molecule has 0 aromatic heterocycles. The zero-order chi connectivity index (χ0) is 25.4. The number of unbranched alkanes of at least 4 members (excludes halogenated alkanes) is 1. The van der Waals surface area contributed by atoms with E-state index in [0.29, 0.717) is 6.42 Å². The number of carboxylic acid groups (broad SMARTS) is 1. The summed E-state index contributed by atoms with van der Waals surface area (Å²) in [6, 6.07) is 15.8. The number of aliphatic carboxylic acids is 1. The number of benzene rings is 2. The SMILES string of the molecule is CCCC[C@@H](CC(=O)NC(CC)(CC)C(=O)O)NC(=O)OCC1c2ccccc2-c2ccccc21. The number of amides is 2. The van der Waals surface area contributed by atoms with E-state index in [4.69, 9.17) is 4.74 Å². The summed E-state index contributed by atoms with van der Waals surface area (Å²) in [7, 11) is 0. The summed E-state index contributed by atoms with van der Waals surface area (Å²) in [5, 5.41) is 15.1. The van der Waals surface area contributed by atoms with Gasteiger partial charge in [-0.2, -0.15) is 0 Å². The van der Waals surface area contributed by atoms with Crippen LogP contribution < -0.4 is 10.6 Å². The first-order valence-electron chi connectivity index (χ1n) is 12.5. The van der Waals surface area contributed by atoms with Gasteiger partial charge in [0.15, 0.2) is 0 Å². The Balaban J connectivity index is 1.63. The molecule has 7 heteroatoms. The lowest BCUT2D eigenvalue weighted by Gasteiger charge is -2.29. The van der Waals surface area contributed by atoms with Crippen molar-refractivity contribution in [1.82, 2.24) is 10.6 Å². The van der Waals surface area contributed by atoms with Gasteiger partial charge in [-0.15, -0.1) is 0 Å². The summed E-state index contributed by atoms with van der Waals surface area (Å²) >= 11 is 0. The fraction of sp³-hybridized carbons (Fsp3) is 0.464. The Bertz CT molecular complexity index is 1000. The average molecular weight is 481 g/mol. The normalized spacial score (nSPS) is 13.5. The van der Waals surface area contributed by atoms with E-state index in [1.165, 1.54) is 0 Å². The lowest BCUT2D eigenvalue weighted by molar-refractivity contribution is -0.148. The van der Waals surface area contributed by atoms with Crippen molar-refractivity contribution in [3.63, 3.8) is 0 Å². The Labute approximate surface area is 207 Å². The standard InChI is InChI=1S/C28H36N2O5/c1-4-7-12-19(17-25(31)30-28(5-2,6-3)26(32)33)29-27(34)35-18-24-22-15-10-8-13-20(22)21-14-9-11-16-23(21)24/h8-11,13-16,19,24H,4-7,12,17-18H2,1-3H3,(H,29,34)(H,30,31)(H,32,33)/t19-/m0/s1. The number of ether oxygens (including phenoxy) is 1. The highest BCUT2D eigenvalue weighted by atomic mass is 16.5. The molecule has 0 heterocycles. The first kappa shape index (κ1) is 26.3. The summed E-state index contributed by atoms with van der Waals surface area (Å²) in [6.45, 7) is 5.71. The molecule has 2 aromatic rings. The first-order chi connectivity index (χ1) is 16.8. The van der Waals surface area contributed by atoms with Crippen molar-refractivity contribution < 1.29 is 24.2 Å². The minimum Gasteiger partial charge on any atom is -0.480 e. The maximum Gasteiger partial charge on any atom is 0.407 e. The van der Waals surface area contributed by atoms with Crippen LogP contribution in [0, 0.1) is 0 Å². The molecular weight excluding hydrogens is 444 g/mol. The monoisotopic (exact) mass is 480 g/mol. The third-order valence-corrected chi connectivity index (χ3v) is 7.00. The molecule has 0 spiro atoms. The lowest BCUT2D eigenvalue weighted by Crippen LogP contribution is -2.54. The van der Waals surface area contributed by atoms with Gasteiger partial charge in [0.05, 0.1) is 0 Å². The van der Waals surface area contributed by atoms with Crippen molar-refractivity contribution in [3.05, 3.63) is 59.7 Å². The van der Waals surface area contributed by atoms with Crippen molar-refractivity contribution in [1.29, 1.82) is 0 Å². The quantitative estimate of drug-likeness (QED) is 0.386. The summed E-state index contributed by atoms with van der Waals surface area (Å²) in [6.07, 6.45) is 2.33. The topological polar surface area (TPSA) is 105 Å². The number of rotatable bonds is 12. The van der Waals surface area contributed by atoms with Crippen molar-refractivity contribution >= 4 is 18.0 Å². The minimum absolute atomic E-state index is 0.000768. The molecule has 0 bridgehead atoms. The Hall–Kier alpha value is -3.35. The van der Waals surface area contributed by atoms with E-state index in [9.17, 15) is 19.5 Å². The van der Waals surface area contributed by atoms with Gasteiger partial charge in [0.25, 0.3) is 0 Å². The van der Waals surface area contributed by atoms with Crippen molar-refractivity contribution in [3.8, 4) is 11.1 Å². The van der Waals surface area contributed by atoms with Crippen LogP contribution in [0.1, 0.15) is 76.3 Å². The fourth-order valence-corrected chi connectivity index (χ4v) is 4.81. The number of nitrogens with one attached hydrogen (secondary N) is 2. The molecule has 35 heavy (non-hydrogen) atoms. The van der Waals surface area contributed by atoms with E-state index in [2.05, 4.69) is 34.9 Å². The van der Waals surface area contributed by atoms with Crippen LogP contribution in [0.25, 0.3) is 11.1 Å². The van der Waals surface area contributed by atoms with Crippen molar-refractivity contribution in [2.24, 2.45) is 0 Å². The highest BCUT2D eigenvalue weighted by Gasteiger charge is 2.37. The fourth-order valence-electron chi connectivity index (χ4n) is 4.81. The largest absolute Gasteiger partial charge is 0.480 e. The zero-order valence-electron chi connectivity index (χ0n) is 20.8. The second kappa shape index (κ2) is 11.9. The Morgan fingerprint density at radius 3 is 2.06 bits per heavy atom. The van der Waals surface area contributed by atoms with Crippen molar-refractivity contribution in [2.75, 3.05) is 6.61 Å². The van der Waals surface area contributed by atoms with Gasteiger partial charge in [-0.1, -0.05) is 82.1 Å². The van der Waals surface area contributed by atoms with Crippen LogP contribution in [0.5, 0.6) is 0 Å². The van der Waals surface area contributed by atoms with E-state index in [0.717, 1.165) is 35.1 Å². The lowest BCUT2D eigenvalue weighted by atomic mass is 9.92. The zero-order valence-corrected chi connectivity index (χ0v) is 20.8. The second-order valence-corrected chi connectivity index (χ2v) is 9.16. The van der Waals surface area contributed by atoms with Gasteiger partial charge in [-0.25, -0.2) is 9.59 Å². The van der Waals surface area contributed by atoms with Gasteiger partial charge < -0.3 is 20.5 Å². The predicted molar refractivity (Wildman–Crippen MR) is 135 cm³/mol. The van der Waals surface area contributed by atoms with Gasteiger partial charge in [0.2, 0.25) is 5.91 Å². The number of hydrogen-bond acceptors (Lipinski definition) is 4. The van der Waals surface area contributed by atoms with Crippen LogP contribution in [-0.4, -0.2) is 41.3 Å². The van der Waals surface area contributed by atoms with Gasteiger partial charge in [-0.3, -0.25) is 4.79 Å². The third kappa shape index (κ3) is 6.02. The second-order valence-electron chi connectivity index (χ2n) is 9.16. The van der Waals surface area contributed by atoms with Crippen LogP contribution in [0.15, 0.2) is 48.5 Å². The Kier molecular flexibility index (Phi) is 8.90. The predicted octanol–water partition coefficient (Wildman–Crippen LogP) is 5.23. The molecule has 188 valence electrons. The van der Waals surface area contributed by atoms with Crippen LogP contribution >= 0.6 is 0 Å². The number of hydrogen-bond donors (Lipinski definition) is 3. The molecule has 1 atom stereocenters. The highest BCUT2D eigenvalue weighted by Crippen LogP contribution is 2.44. The molecule has 3 rings (SSSR count). The summed E-state index contributed by atoms with van der Waals surface area (Å²) in [4.78, 5) is 37.2. The van der Waals surface area contributed by atoms with Crippen LogP contribution in [-0.2, 0) is 14.3 Å². The average Bonchev–Trinajstić information content (AvgIpc) is 3.18. The molecule has 7 nitrogen and oxygen atoms in total. The third-order valence-electron chi connectivity index (χ3n) is 7.00. The molecule has 0 saturated heterocycles. The van der Waals surface area contributed by atoms with Gasteiger partial charge in [0.1, 0.15) is 12.1 Å². The molecule has 3 N–H and O–H groups in total. The smallest absolute Gasteiger partial charge is 0.407 e. The van der Waals surface area contributed by atoms with E-state index < -0.39 is 29.6 Å². The van der Waals surface area contributed by atoms with Gasteiger partial charge >= 0.3 is 12.1 Å². The molecule has 0 fully saturated rings. The van der Waals surface area contributed by atoms with E-state index in [1.807, 2.05) is 31.2 Å². The number of fused-ring (bicyclic) bond motifs is 3. The van der Waals surface area contributed by atoms with Crippen LogP contribution in [0.2, 0.25) is 0 Å². The Morgan fingerprint density at radius 1 is 0.971 bits per heavy atom. The van der Waals surface area contributed by atoms with E-state index in [1.54, 1.807) is 13.8 Å². The molecule has 0 unspecified atom stereocenters. The molecule has 2 aromatic carbocycles. The summed E-state index contributed by atoms with van der Waals surface area (Å²) in [5.41, 5.74) is 3.28. The van der Waals surface area contributed by atoms with Crippen LogP contribution in [0.4, 0.5) is 4.79 Å². The highest BCUT2D eigenvalue weighted by molar-refractivity contribution is 5.87. The number of carboxylic acids is 1. The number of carbonyl (C=O) groups is 3. The molecule has 1 aliphatic carbocycles. The molecule has 0 aliphatic heterocycles. The van der Waals surface area contributed by atoms with Gasteiger partial charge in [-0.05, 0) is 41.5 Å². The Morgan fingerprint density at radius 2 is 1.54 bits per heavy atom. The molecule has 2 amide bonds. The summed E-state index contributed by atoms with van der Waals surface area (Å²) in [5.74, 6) is -1.49. The van der Waals surface area contributed by atoms with E-state index in [-0.39, 0.29) is 31.8 Å². The summed E-state index contributed by atoms with van der Waals surface area (Å²) < 4.78 is 5.64. The number of carbonyl (C=O) groups excluding carboxylic acids is 2. The maximum absolute atomic E-state index is 12.7.